The molecule has 116 valence electrons. The summed E-state index contributed by atoms with van der Waals surface area (Å²) in [5.41, 5.74) is 1.10. The number of hydrogen-bond donors (Lipinski definition) is 2. The molecule has 21 heavy (non-hydrogen) atoms. The van der Waals surface area contributed by atoms with Gasteiger partial charge in [0.2, 0.25) is 5.91 Å². The highest BCUT2D eigenvalue weighted by Crippen LogP contribution is 2.19. The van der Waals surface area contributed by atoms with E-state index in [1.54, 1.807) is 7.11 Å². The normalized spacial score (nSPS) is 22.8. The minimum atomic E-state index is -0.116. The van der Waals surface area contributed by atoms with Gasteiger partial charge in [-0.3, -0.25) is 4.79 Å². The Hall–Kier alpha value is -1.59. The van der Waals surface area contributed by atoms with E-state index in [1.165, 1.54) is 0 Å². The first-order chi connectivity index (χ1) is 10.2. The van der Waals surface area contributed by atoms with E-state index in [4.69, 9.17) is 9.47 Å². The van der Waals surface area contributed by atoms with Crippen LogP contribution in [0.25, 0.3) is 0 Å². The van der Waals surface area contributed by atoms with Gasteiger partial charge in [0.1, 0.15) is 5.75 Å². The van der Waals surface area contributed by atoms with Crippen LogP contribution >= 0.6 is 0 Å². The average Bonchev–Trinajstić information content (AvgIpc) is 2.96. The lowest BCUT2D eigenvalue weighted by Crippen LogP contribution is -2.45. The summed E-state index contributed by atoms with van der Waals surface area (Å²) in [6.45, 7) is 3.09. The number of ether oxygens (including phenoxy) is 2. The van der Waals surface area contributed by atoms with Crippen molar-refractivity contribution in [3.63, 3.8) is 0 Å². The van der Waals surface area contributed by atoms with Crippen LogP contribution in [0.15, 0.2) is 24.3 Å². The second-order valence-electron chi connectivity index (χ2n) is 5.46. The van der Waals surface area contributed by atoms with E-state index in [2.05, 4.69) is 10.6 Å². The van der Waals surface area contributed by atoms with E-state index in [0.717, 1.165) is 17.7 Å². The summed E-state index contributed by atoms with van der Waals surface area (Å²) in [6.07, 6.45) is 0.744. The van der Waals surface area contributed by atoms with Crippen molar-refractivity contribution in [1.82, 2.24) is 10.6 Å². The molecule has 1 saturated heterocycles. The summed E-state index contributed by atoms with van der Waals surface area (Å²) in [6, 6.07) is 8.03. The van der Waals surface area contributed by atoms with Crippen molar-refractivity contribution in [2.45, 2.75) is 25.4 Å². The topological polar surface area (TPSA) is 59.6 Å². The smallest absolute Gasteiger partial charge is 0.227 e. The van der Waals surface area contributed by atoms with E-state index in [-0.39, 0.29) is 23.9 Å². The molecule has 2 N–H and O–H groups in total. The van der Waals surface area contributed by atoms with E-state index in [9.17, 15) is 4.79 Å². The summed E-state index contributed by atoms with van der Waals surface area (Å²) >= 11 is 0. The molecule has 1 heterocycles. The molecule has 5 nitrogen and oxygen atoms in total. The van der Waals surface area contributed by atoms with Crippen LogP contribution < -0.4 is 15.4 Å². The molecular formula is C16H24N2O3. The van der Waals surface area contributed by atoms with Gasteiger partial charge in [0.05, 0.1) is 26.2 Å². The largest absolute Gasteiger partial charge is 0.496 e. The van der Waals surface area contributed by atoms with E-state index in [0.29, 0.717) is 13.2 Å². The quantitative estimate of drug-likeness (QED) is 0.820. The van der Waals surface area contributed by atoms with Crippen molar-refractivity contribution in [2.24, 2.45) is 5.92 Å². The molecule has 0 bridgehead atoms. The fraction of sp³-hybridized carbons (Fsp3) is 0.562. The molecule has 1 aliphatic rings. The Morgan fingerprint density at radius 1 is 1.43 bits per heavy atom. The number of benzene rings is 1. The number of methoxy groups -OCH3 is 1. The zero-order valence-corrected chi connectivity index (χ0v) is 12.9. The summed E-state index contributed by atoms with van der Waals surface area (Å²) in [5, 5.41) is 6.20. The summed E-state index contributed by atoms with van der Waals surface area (Å²) in [5.74, 6) is 0.792. The van der Waals surface area contributed by atoms with Crippen LogP contribution in [0.1, 0.15) is 12.5 Å². The Bertz CT molecular complexity index is 478. The standard InChI is InChI=1S/C16H24N2O3/c1-11(8-12-6-4-5-7-15(12)20-3)18-16(19)13-9-21-10-14(13)17-2/h4-7,11,13-14,17H,8-10H2,1-3H3,(H,18,19). The highest BCUT2D eigenvalue weighted by molar-refractivity contribution is 5.80. The lowest BCUT2D eigenvalue weighted by Gasteiger charge is -2.20. The minimum absolute atomic E-state index is 0.0481. The molecular weight excluding hydrogens is 268 g/mol. The number of amides is 1. The molecule has 1 fully saturated rings. The van der Waals surface area contributed by atoms with E-state index >= 15 is 0 Å². The second kappa shape index (κ2) is 7.43. The molecule has 1 aromatic rings. The average molecular weight is 292 g/mol. The lowest BCUT2D eigenvalue weighted by molar-refractivity contribution is -0.126. The van der Waals surface area contributed by atoms with Gasteiger partial charge in [0.15, 0.2) is 0 Å². The molecule has 1 amide bonds. The first-order valence-corrected chi connectivity index (χ1v) is 7.33. The SMILES string of the molecule is CNC1COCC1C(=O)NC(C)Cc1ccccc1OC. The fourth-order valence-electron chi connectivity index (χ4n) is 2.70. The van der Waals surface area contributed by atoms with Crippen molar-refractivity contribution >= 4 is 5.91 Å². The van der Waals surface area contributed by atoms with Crippen LogP contribution in [-0.2, 0) is 16.0 Å². The summed E-state index contributed by atoms with van der Waals surface area (Å²) in [7, 11) is 3.52. The Morgan fingerprint density at radius 2 is 2.19 bits per heavy atom. The van der Waals surface area contributed by atoms with E-state index < -0.39 is 0 Å². The van der Waals surface area contributed by atoms with Crippen molar-refractivity contribution < 1.29 is 14.3 Å². The van der Waals surface area contributed by atoms with Gasteiger partial charge in [0.25, 0.3) is 0 Å². The molecule has 0 radical (unpaired) electrons. The van der Waals surface area contributed by atoms with Crippen LogP contribution in [0.5, 0.6) is 5.75 Å². The Kier molecular flexibility index (Phi) is 5.59. The predicted molar refractivity (Wildman–Crippen MR) is 81.5 cm³/mol. The Labute approximate surface area is 126 Å². The fourth-order valence-corrected chi connectivity index (χ4v) is 2.70. The molecule has 0 aromatic heterocycles. The maximum atomic E-state index is 12.3. The van der Waals surface area contributed by atoms with Gasteiger partial charge in [-0.2, -0.15) is 0 Å². The van der Waals surface area contributed by atoms with E-state index in [1.807, 2.05) is 38.2 Å². The number of carbonyl (C=O) groups excluding carboxylic acids is 1. The second-order valence-corrected chi connectivity index (χ2v) is 5.46. The van der Waals surface area contributed by atoms with Crippen molar-refractivity contribution in [1.29, 1.82) is 0 Å². The molecule has 0 aliphatic carbocycles. The van der Waals surface area contributed by atoms with Gasteiger partial charge in [0, 0.05) is 12.1 Å². The zero-order chi connectivity index (χ0) is 15.2. The van der Waals surface area contributed by atoms with Gasteiger partial charge >= 0.3 is 0 Å². The monoisotopic (exact) mass is 292 g/mol. The first kappa shape index (κ1) is 15.8. The minimum Gasteiger partial charge on any atom is -0.496 e. The third-order valence-electron chi connectivity index (χ3n) is 3.90. The molecule has 0 saturated carbocycles. The van der Waals surface area contributed by atoms with Gasteiger partial charge in [-0.1, -0.05) is 18.2 Å². The van der Waals surface area contributed by atoms with Crippen LogP contribution in [0.2, 0.25) is 0 Å². The Morgan fingerprint density at radius 3 is 2.90 bits per heavy atom. The van der Waals surface area contributed by atoms with Crippen molar-refractivity contribution in [3.05, 3.63) is 29.8 Å². The Balaban J connectivity index is 1.92. The lowest BCUT2D eigenvalue weighted by atomic mass is 10.0. The van der Waals surface area contributed by atoms with Crippen LogP contribution in [-0.4, -0.2) is 45.4 Å². The maximum absolute atomic E-state index is 12.3. The van der Waals surface area contributed by atoms with Crippen LogP contribution in [0, 0.1) is 5.92 Å². The predicted octanol–water partition coefficient (Wildman–Crippen LogP) is 0.977. The number of hydrogen-bond acceptors (Lipinski definition) is 4. The number of likely N-dealkylation sites (N-methyl/N-ethyl adjacent to an activating group) is 1. The number of carbonyl (C=O) groups is 1. The molecule has 0 spiro atoms. The maximum Gasteiger partial charge on any atom is 0.227 e. The van der Waals surface area contributed by atoms with Gasteiger partial charge in [-0.25, -0.2) is 0 Å². The molecule has 3 atom stereocenters. The highest BCUT2D eigenvalue weighted by Gasteiger charge is 2.33. The molecule has 1 aliphatic heterocycles. The van der Waals surface area contributed by atoms with Gasteiger partial charge in [-0.15, -0.1) is 0 Å². The number of nitrogens with one attached hydrogen (secondary N) is 2. The molecule has 3 unspecified atom stereocenters. The van der Waals surface area contributed by atoms with Crippen molar-refractivity contribution in [3.8, 4) is 5.75 Å². The third-order valence-corrected chi connectivity index (χ3v) is 3.90. The number of para-hydroxylation sites is 1. The summed E-state index contributed by atoms with van der Waals surface area (Å²) in [4.78, 5) is 12.3. The highest BCUT2D eigenvalue weighted by atomic mass is 16.5. The van der Waals surface area contributed by atoms with Crippen molar-refractivity contribution in [2.75, 3.05) is 27.4 Å². The summed E-state index contributed by atoms with van der Waals surface area (Å²) < 4.78 is 10.7. The third kappa shape index (κ3) is 3.95. The first-order valence-electron chi connectivity index (χ1n) is 7.33. The van der Waals surface area contributed by atoms with Gasteiger partial charge < -0.3 is 20.1 Å². The van der Waals surface area contributed by atoms with Gasteiger partial charge in [-0.05, 0) is 32.0 Å². The zero-order valence-electron chi connectivity index (χ0n) is 12.9. The van der Waals surface area contributed by atoms with Crippen LogP contribution in [0.3, 0.4) is 0 Å². The number of rotatable bonds is 6. The van der Waals surface area contributed by atoms with Crippen LogP contribution in [0.4, 0.5) is 0 Å². The molecule has 1 aromatic carbocycles. The molecule has 2 rings (SSSR count). The molecule has 5 heteroatoms.